The highest BCUT2D eigenvalue weighted by Gasteiger charge is 2.27. The van der Waals surface area contributed by atoms with Gasteiger partial charge in [0.2, 0.25) is 0 Å². The first kappa shape index (κ1) is 13.8. The number of benzene rings is 1. The van der Waals surface area contributed by atoms with E-state index in [0.29, 0.717) is 10.7 Å². The summed E-state index contributed by atoms with van der Waals surface area (Å²) in [6.45, 7) is 0. The Hall–Kier alpha value is -2.16. The molecule has 0 aliphatic heterocycles. The normalized spacial score (nSPS) is 12.1. The van der Waals surface area contributed by atoms with E-state index in [-0.39, 0.29) is 18.1 Å². The van der Waals surface area contributed by atoms with Crippen molar-refractivity contribution in [2.45, 2.75) is 19.0 Å². The van der Waals surface area contributed by atoms with Crippen LogP contribution < -0.4 is 5.73 Å². The molecule has 0 amide bonds. The van der Waals surface area contributed by atoms with Crippen molar-refractivity contribution >= 4 is 26.7 Å². The number of nitrogens with zero attached hydrogens (tertiary/aromatic N) is 3. The molecule has 0 bridgehead atoms. The Labute approximate surface area is 120 Å². The number of nitrogen functional groups attached to an aromatic ring is 1. The van der Waals surface area contributed by atoms with Gasteiger partial charge < -0.3 is 10.3 Å². The van der Waals surface area contributed by atoms with Gasteiger partial charge in [0.05, 0.1) is 16.6 Å². The molecule has 0 atom stereocenters. The van der Waals surface area contributed by atoms with Crippen molar-refractivity contribution in [3.63, 3.8) is 0 Å². The smallest absolute Gasteiger partial charge is 0.375 e. The second-order valence-electron chi connectivity index (χ2n) is 4.37. The van der Waals surface area contributed by atoms with Crippen molar-refractivity contribution in [2.75, 3.05) is 5.73 Å². The van der Waals surface area contributed by atoms with Crippen molar-refractivity contribution in [3.8, 4) is 11.5 Å². The van der Waals surface area contributed by atoms with Gasteiger partial charge >= 0.3 is 6.18 Å². The lowest BCUT2D eigenvalue weighted by atomic mass is 10.2. The van der Waals surface area contributed by atoms with Gasteiger partial charge in [0.1, 0.15) is 0 Å². The van der Waals surface area contributed by atoms with Gasteiger partial charge in [-0.25, -0.2) is 4.98 Å². The molecule has 2 N–H and O–H groups in total. The number of hydrogen-bond acceptors (Lipinski definition) is 6. The summed E-state index contributed by atoms with van der Waals surface area (Å²) in [5, 5.41) is 4.00. The molecule has 0 spiro atoms. The van der Waals surface area contributed by atoms with E-state index in [1.165, 1.54) is 11.3 Å². The molecule has 21 heavy (non-hydrogen) atoms. The van der Waals surface area contributed by atoms with E-state index < -0.39 is 12.6 Å². The highest BCUT2D eigenvalue weighted by molar-refractivity contribution is 7.22. The minimum absolute atomic E-state index is 0.0336. The van der Waals surface area contributed by atoms with Gasteiger partial charge in [-0.2, -0.15) is 18.2 Å². The Morgan fingerprint density at radius 2 is 2.05 bits per heavy atom. The Morgan fingerprint density at radius 1 is 1.24 bits per heavy atom. The summed E-state index contributed by atoms with van der Waals surface area (Å²) in [6.07, 6.45) is -5.51. The van der Waals surface area contributed by atoms with Gasteiger partial charge in [0.25, 0.3) is 5.89 Å². The van der Waals surface area contributed by atoms with Crippen LogP contribution in [-0.4, -0.2) is 21.3 Å². The summed E-state index contributed by atoms with van der Waals surface area (Å²) in [4.78, 5) is 8.09. The predicted octanol–water partition coefficient (Wildman–Crippen LogP) is 3.42. The monoisotopic (exact) mass is 314 g/mol. The molecular formula is C12H9F3N4OS. The first-order valence-electron chi connectivity index (χ1n) is 5.96. The standard InChI is InChI=1S/C12H9F3N4OS/c13-12(14,15)4-3-9-18-10(20-19-9)6-1-2-7-8(5-6)21-11(16)17-7/h1-2,5H,3-4H2,(H2,16,17). The summed E-state index contributed by atoms with van der Waals surface area (Å²) in [6, 6.07) is 5.23. The van der Waals surface area contributed by atoms with E-state index in [1.54, 1.807) is 18.2 Å². The van der Waals surface area contributed by atoms with Crippen molar-refractivity contribution < 1.29 is 17.7 Å². The number of fused-ring (bicyclic) bond motifs is 1. The van der Waals surface area contributed by atoms with Crippen LogP contribution in [0.5, 0.6) is 0 Å². The molecule has 0 aliphatic carbocycles. The molecule has 0 radical (unpaired) electrons. The molecule has 0 unspecified atom stereocenters. The van der Waals surface area contributed by atoms with Crippen molar-refractivity contribution in [3.05, 3.63) is 24.0 Å². The van der Waals surface area contributed by atoms with Crippen molar-refractivity contribution in [1.29, 1.82) is 0 Å². The second-order valence-corrected chi connectivity index (χ2v) is 5.43. The Bertz CT molecular complexity index is 780. The molecule has 0 aliphatic rings. The van der Waals surface area contributed by atoms with Crippen LogP contribution in [0, 0.1) is 0 Å². The highest BCUT2D eigenvalue weighted by atomic mass is 32.1. The minimum atomic E-state index is -4.24. The molecule has 1 aromatic carbocycles. The number of rotatable bonds is 3. The number of nitrogens with two attached hydrogens (primary N) is 1. The second kappa shape index (κ2) is 4.99. The fourth-order valence-electron chi connectivity index (χ4n) is 1.80. The summed E-state index contributed by atoms with van der Waals surface area (Å²) < 4.78 is 42.3. The van der Waals surface area contributed by atoms with E-state index in [2.05, 4.69) is 15.1 Å². The number of hydrogen-bond donors (Lipinski definition) is 1. The molecule has 9 heteroatoms. The van der Waals surface area contributed by atoms with Gasteiger partial charge in [-0.3, -0.25) is 0 Å². The number of anilines is 1. The van der Waals surface area contributed by atoms with E-state index >= 15 is 0 Å². The summed E-state index contributed by atoms with van der Waals surface area (Å²) in [5.41, 5.74) is 6.98. The maximum absolute atomic E-state index is 12.1. The Morgan fingerprint density at radius 3 is 2.81 bits per heavy atom. The summed E-state index contributed by atoms with van der Waals surface area (Å²) >= 11 is 1.31. The Balaban J connectivity index is 1.83. The number of thiazole rings is 1. The molecular weight excluding hydrogens is 305 g/mol. The van der Waals surface area contributed by atoms with E-state index in [1.807, 2.05) is 0 Å². The molecule has 2 heterocycles. The summed E-state index contributed by atoms with van der Waals surface area (Å²) in [7, 11) is 0. The molecule has 2 aromatic heterocycles. The average Bonchev–Trinajstić information content (AvgIpc) is 2.99. The summed E-state index contributed by atoms with van der Waals surface area (Å²) in [5.74, 6) is 0.215. The van der Waals surface area contributed by atoms with Crippen LogP contribution in [0.3, 0.4) is 0 Å². The van der Waals surface area contributed by atoms with E-state index in [0.717, 1.165) is 10.2 Å². The van der Waals surface area contributed by atoms with Gasteiger partial charge in [0.15, 0.2) is 11.0 Å². The number of alkyl halides is 3. The zero-order chi connectivity index (χ0) is 15.0. The fraction of sp³-hybridized carbons (Fsp3) is 0.250. The van der Waals surface area contributed by atoms with Crippen LogP contribution in [0.4, 0.5) is 18.3 Å². The van der Waals surface area contributed by atoms with Crippen molar-refractivity contribution in [2.24, 2.45) is 0 Å². The number of halogens is 3. The van der Waals surface area contributed by atoms with E-state index in [9.17, 15) is 13.2 Å². The molecule has 3 rings (SSSR count). The van der Waals surface area contributed by atoms with Crippen LogP contribution in [0.2, 0.25) is 0 Å². The topological polar surface area (TPSA) is 77.8 Å². The lowest BCUT2D eigenvalue weighted by Gasteiger charge is -2.01. The zero-order valence-electron chi connectivity index (χ0n) is 10.5. The largest absolute Gasteiger partial charge is 0.389 e. The lowest BCUT2D eigenvalue weighted by molar-refractivity contribution is -0.134. The SMILES string of the molecule is Nc1nc2ccc(-c3nc(CCC(F)(F)F)no3)cc2s1. The maximum Gasteiger partial charge on any atom is 0.389 e. The zero-order valence-corrected chi connectivity index (χ0v) is 11.3. The highest BCUT2D eigenvalue weighted by Crippen LogP contribution is 2.29. The minimum Gasteiger partial charge on any atom is -0.375 e. The number of aryl methyl sites for hydroxylation is 1. The van der Waals surface area contributed by atoms with Gasteiger partial charge in [-0.1, -0.05) is 16.5 Å². The number of aromatic nitrogens is 3. The van der Waals surface area contributed by atoms with Gasteiger partial charge in [-0.15, -0.1) is 0 Å². The quantitative estimate of drug-likeness (QED) is 0.801. The average molecular weight is 314 g/mol. The van der Waals surface area contributed by atoms with Crippen LogP contribution in [-0.2, 0) is 6.42 Å². The molecule has 3 aromatic rings. The third kappa shape index (κ3) is 3.13. The molecule has 0 fully saturated rings. The maximum atomic E-state index is 12.1. The van der Waals surface area contributed by atoms with Gasteiger partial charge in [-0.05, 0) is 18.2 Å². The van der Waals surface area contributed by atoms with E-state index in [4.69, 9.17) is 10.3 Å². The fourth-order valence-corrected chi connectivity index (χ4v) is 2.58. The van der Waals surface area contributed by atoms with Crippen LogP contribution >= 0.6 is 11.3 Å². The lowest BCUT2D eigenvalue weighted by Crippen LogP contribution is -2.09. The third-order valence-electron chi connectivity index (χ3n) is 2.75. The molecule has 0 saturated heterocycles. The van der Waals surface area contributed by atoms with Gasteiger partial charge in [0, 0.05) is 12.0 Å². The first-order chi connectivity index (χ1) is 9.90. The third-order valence-corrected chi connectivity index (χ3v) is 3.60. The van der Waals surface area contributed by atoms with Crippen LogP contribution in [0.25, 0.3) is 21.7 Å². The molecule has 5 nitrogen and oxygen atoms in total. The first-order valence-corrected chi connectivity index (χ1v) is 6.78. The Kier molecular flexibility index (Phi) is 3.28. The molecule has 0 saturated carbocycles. The van der Waals surface area contributed by atoms with Crippen LogP contribution in [0.15, 0.2) is 22.7 Å². The van der Waals surface area contributed by atoms with Crippen LogP contribution in [0.1, 0.15) is 12.2 Å². The molecule has 110 valence electrons. The van der Waals surface area contributed by atoms with Crippen molar-refractivity contribution in [1.82, 2.24) is 15.1 Å². The predicted molar refractivity (Wildman–Crippen MR) is 71.7 cm³/mol.